The van der Waals surface area contributed by atoms with Gasteiger partial charge in [0.2, 0.25) is 5.88 Å². The minimum atomic E-state index is 0.492. The smallest absolute Gasteiger partial charge is 0.221 e. The Labute approximate surface area is 102 Å². The fourth-order valence-electron chi connectivity index (χ4n) is 2.02. The second-order valence-corrected chi connectivity index (χ2v) is 4.68. The molecule has 0 saturated heterocycles. The molecule has 2 rings (SSSR count). The molecule has 0 radical (unpaired) electrons. The van der Waals surface area contributed by atoms with E-state index in [2.05, 4.69) is 29.0 Å². The maximum absolute atomic E-state index is 5.76. The number of nitrogens with two attached hydrogens (primary N) is 1. The molecule has 92 valence electrons. The van der Waals surface area contributed by atoms with E-state index in [4.69, 9.17) is 10.5 Å². The average Bonchev–Trinajstić information content (AvgIpc) is 2.33. The molecular weight excluding hydrogens is 214 g/mol. The van der Waals surface area contributed by atoms with Crippen LogP contribution in [0.2, 0.25) is 0 Å². The molecule has 0 aliphatic heterocycles. The van der Waals surface area contributed by atoms with E-state index in [-0.39, 0.29) is 0 Å². The van der Waals surface area contributed by atoms with E-state index < -0.39 is 0 Å². The molecule has 1 aliphatic rings. The van der Waals surface area contributed by atoms with Gasteiger partial charge in [0, 0.05) is 0 Å². The van der Waals surface area contributed by atoms with Crippen LogP contribution >= 0.6 is 0 Å². The van der Waals surface area contributed by atoms with Crippen molar-refractivity contribution >= 4 is 5.82 Å². The van der Waals surface area contributed by atoms with E-state index >= 15 is 0 Å². The van der Waals surface area contributed by atoms with Crippen LogP contribution < -0.4 is 10.5 Å². The Hall–Kier alpha value is -1.58. The Morgan fingerprint density at radius 2 is 2.12 bits per heavy atom. The summed E-state index contributed by atoms with van der Waals surface area (Å²) < 4.78 is 5.76. The molecule has 0 bridgehead atoms. The van der Waals surface area contributed by atoms with Crippen LogP contribution in [0.1, 0.15) is 25.3 Å². The zero-order valence-corrected chi connectivity index (χ0v) is 10.4. The van der Waals surface area contributed by atoms with Crippen molar-refractivity contribution in [2.75, 3.05) is 12.3 Å². The van der Waals surface area contributed by atoms with Crippen LogP contribution in [0, 0.1) is 18.8 Å². The van der Waals surface area contributed by atoms with Crippen molar-refractivity contribution < 1.29 is 4.74 Å². The van der Waals surface area contributed by atoms with Gasteiger partial charge in [0.25, 0.3) is 0 Å². The molecule has 0 aromatic carbocycles. The predicted octanol–water partition coefficient (Wildman–Crippen LogP) is 2.35. The number of ether oxygens (including phenoxy) is 1. The van der Waals surface area contributed by atoms with Crippen molar-refractivity contribution in [3.05, 3.63) is 24.0 Å². The zero-order chi connectivity index (χ0) is 12.3. The van der Waals surface area contributed by atoms with E-state index in [1.807, 2.05) is 6.92 Å². The number of anilines is 1. The fourth-order valence-corrected chi connectivity index (χ4v) is 2.02. The molecule has 2 unspecified atom stereocenters. The molecule has 1 heterocycles. The van der Waals surface area contributed by atoms with Crippen LogP contribution in [0.25, 0.3) is 0 Å². The maximum atomic E-state index is 5.76. The van der Waals surface area contributed by atoms with Gasteiger partial charge in [-0.25, -0.2) is 9.97 Å². The third-order valence-electron chi connectivity index (χ3n) is 3.43. The first-order chi connectivity index (χ1) is 8.18. The topological polar surface area (TPSA) is 61.0 Å². The number of rotatable bonds is 3. The normalized spacial score (nSPS) is 23.6. The molecule has 0 spiro atoms. The van der Waals surface area contributed by atoms with Crippen molar-refractivity contribution in [1.29, 1.82) is 0 Å². The molecule has 4 nitrogen and oxygen atoms in total. The van der Waals surface area contributed by atoms with Crippen LogP contribution in [-0.2, 0) is 0 Å². The first-order valence-corrected chi connectivity index (χ1v) is 6.03. The van der Waals surface area contributed by atoms with Crippen molar-refractivity contribution in [2.24, 2.45) is 11.8 Å². The van der Waals surface area contributed by atoms with Gasteiger partial charge < -0.3 is 10.5 Å². The quantitative estimate of drug-likeness (QED) is 0.814. The van der Waals surface area contributed by atoms with Crippen molar-refractivity contribution in [3.63, 3.8) is 0 Å². The maximum Gasteiger partial charge on any atom is 0.221 e. The molecule has 2 atom stereocenters. The molecule has 0 saturated carbocycles. The molecule has 17 heavy (non-hydrogen) atoms. The van der Waals surface area contributed by atoms with Gasteiger partial charge in [-0.05, 0) is 31.6 Å². The predicted molar refractivity (Wildman–Crippen MR) is 67.7 cm³/mol. The highest BCUT2D eigenvalue weighted by atomic mass is 16.5. The number of nitrogens with zero attached hydrogens (tertiary/aromatic N) is 2. The minimum absolute atomic E-state index is 0.492. The van der Waals surface area contributed by atoms with E-state index in [9.17, 15) is 0 Å². The van der Waals surface area contributed by atoms with Gasteiger partial charge in [0.1, 0.15) is 12.1 Å². The van der Waals surface area contributed by atoms with Gasteiger partial charge in [0.15, 0.2) is 0 Å². The summed E-state index contributed by atoms with van der Waals surface area (Å²) in [4.78, 5) is 8.04. The second kappa shape index (κ2) is 5.17. The fraction of sp³-hybridized carbons (Fsp3) is 0.538. The lowest BCUT2D eigenvalue weighted by Gasteiger charge is -2.25. The van der Waals surface area contributed by atoms with Gasteiger partial charge in [-0.1, -0.05) is 19.1 Å². The third-order valence-corrected chi connectivity index (χ3v) is 3.43. The Bertz CT molecular complexity index is 417. The highest BCUT2D eigenvalue weighted by Crippen LogP contribution is 2.26. The highest BCUT2D eigenvalue weighted by Gasteiger charge is 2.19. The number of aromatic nitrogens is 2. The molecule has 1 aliphatic carbocycles. The summed E-state index contributed by atoms with van der Waals surface area (Å²) >= 11 is 0. The number of hydrogen-bond acceptors (Lipinski definition) is 4. The summed E-state index contributed by atoms with van der Waals surface area (Å²) in [6, 6.07) is 0. The summed E-state index contributed by atoms with van der Waals surface area (Å²) in [5.74, 6) is 2.33. The standard InChI is InChI=1S/C13H19N3O/c1-9-5-3-4-6-11(9)7-17-13-10(2)12(14)15-8-16-13/h3-4,8-9,11H,5-7H2,1-2H3,(H2,14,15,16). The number of allylic oxidation sites excluding steroid dienone is 2. The molecule has 0 fully saturated rings. The van der Waals surface area contributed by atoms with Gasteiger partial charge in [-0.3, -0.25) is 0 Å². The Morgan fingerprint density at radius 1 is 1.35 bits per heavy atom. The van der Waals surface area contributed by atoms with E-state index in [1.165, 1.54) is 6.33 Å². The molecule has 0 amide bonds. The summed E-state index contributed by atoms with van der Waals surface area (Å²) in [6.45, 7) is 4.84. The lowest BCUT2D eigenvalue weighted by atomic mass is 9.85. The molecule has 4 heteroatoms. The summed E-state index contributed by atoms with van der Waals surface area (Å²) in [5.41, 5.74) is 6.54. The molecule has 2 N–H and O–H groups in total. The van der Waals surface area contributed by atoms with E-state index in [0.717, 1.165) is 18.4 Å². The summed E-state index contributed by atoms with van der Waals surface area (Å²) in [6.07, 6.45) is 8.14. The van der Waals surface area contributed by atoms with Gasteiger partial charge >= 0.3 is 0 Å². The van der Waals surface area contributed by atoms with Crippen molar-refractivity contribution in [1.82, 2.24) is 9.97 Å². The lowest BCUT2D eigenvalue weighted by Crippen LogP contribution is -2.21. The number of hydrogen-bond donors (Lipinski definition) is 1. The monoisotopic (exact) mass is 233 g/mol. The lowest BCUT2D eigenvalue weighted by molar-refractivity contribution is 0.191. The van der Waals surface area contributed by atoms with Crippen molar-refractivity contribution in [3.8, 4) is 5.88 Å². The first-order valence-electron chi connectivity index (χ1n) is 6.03. The van der Waals surface area contributed by atoms with Gasteiger partial charge in [0.05, 0.1) is 12.2 Å². The Kier molecular flexibility index (Phi) is 3.61. The second-order valence-electron chi connectivity index (χ2n) is 4.68. The molecule has 1 aromatic heterocycles. The average molecular weight is 233 g/mol. The van der Waals surface area contributed by atoms with Gasteiger partial charge in [-0.2, -0.15) is 0 Å². The zero-order valence-electron chi connectivity index (χ0n) is 10.4. The van der Waals surface area contributed by atoms with Gasteiger partial charge in [-0.15, -0.1) is 0 Å². The Balaban J connectivity index is 1.98. The first kappa shape index (κ1) is 11.9. The molecule has 1 aromatic rings. The third kappa shape index (κ3) is 2.75. The van der Waals surface area contributed by atoms with Crippen LogP contribution in [-0.4, -0.2) is 16.6 Å². The Morgan fingerprint density at radius 3 is 2.88 bits per heavy atom. The van der Waals surface area contributed by atoms with Crippen molar-refractivity contribution in [2.45, 2.75) is 26.7 Å². The van der Waals surface area contributed by atoms with E-state index in [0.29, 0.717) is 30.1 Å². The summed E-state index contributed by atoms with van der Waals surface area (Å²) in [7, 11) is 0. The van der Waals surface area contributed by atoms with E-state index in [1.54, 1.807) is 0 Å². The molecular formula is C13H19N3O. The number of nitrogen functional groups attached to an aromatic ring is 1. The SMILES string of the molecule is Cc1c(N)ncnc1OCC1CC=CCC1C. The van der Waals surface area contributed by atoms with Crippen LogP contribution in [0.5, 0.6) is 5.88 Å². The highest BCUT2D eigenvalue weighted by molar-refractivity contribution is 5.43. The largest absolute Gasteiger partial charge is 0.477 e. The minimum Gasteiger partial charge on any atom is -0.477 e. The van der Waals surface area contributed by atoms with Crippen LogP contribution in [0.15, 0.2) is 18.5 Å². The van der Waals surface area contributed by atoms with Crippen LogP contribution in [0.4, 0.5) is 5.82 Å². The van der Waals surface area contributed by atoms with Crippen LogP contribution in [0.3, 0.4) is 0 Å². The summed E-state index contributed by atoms with van der Waals surface area (Å²) in [5, 5.41) is 0.